The van der Waals surface area contributed by atoms with Crippen molar-refractivity contribution in [1.82, 2.24) is 10.2 Å². The number of hydrogen-bond acceptors (Lipinski definition) is 4. The van der Waals surface area contributed by atoms with Crippen LogP contribution < -0.4 is 15.4 Å². The molecule has 0 bridgehead atoms. The highest BCUT2D eigenvalue weighted by atomic mass is 16.5. The smallest absolute Gasteiger partial charge is 0.319 e. The lowest BCUT2D eigenvalue weighted by molar-refractivity contribution is -0.128. The van der Waals surface area contributed by atoms with Gasteiger partial charge in [-0.05, 0) is 48.5 Å². The number of carbonyl (C=O) groups excluding carboxylic acids is 2. The molecule has 2 aromatic rings. The minimum atomic E-state index is -0.377. The molecule has 0 spiro atoms. The molecule has 0 atom stereocenters. The van der Waals surface area contributed by atoms with E-state index in [2.05, 4.69) is 10.6 Å². The summed E-state index contributed by atoms with van der Waals surface area (Å²) in [6.07, 6.45) is 0.248. The molecule has 0 unspecified atom stereocenters. The van der Waals surface area contributed by atoms with Crippen LogP contribution in [0.15, 0.2) is 48.5 Å². The number of benzene rings is 2. The first-order valence-corrected chi connectivity index (χ1v) is 8.01. The standard InChI is InChI=1S/C19H20N4O3/c1-23(2)18(24)11-12-21-19(25)22-15-5-9-17(10-6-15)26-16-7-3-14(13-20)4-8-16/h3-10H,11-12H2,1-2H3,(H2,21,22,25). The van der Waals surface area contributed by atoms with Crippen molar-refractivity contribution in [3.63, 3.8) is 0 Å². The lowest BCUT2D eigenvalue weighted by atomic mass is 10.2. The molecule has 0 saturated carbocycles. The minimum Gasteiger partial charge on any atom is -0.457 e. The largest absolute Gasteiger partial charge is 0.457 e. The molecule has 3 amide bonds. The van der Waals surface area contributed by atoms with Crippen LogP contribution in [0.25, 0.3) is 0 Å². The van der Waals surface area contributed by atoms with Gasteiger partial charge >= 0.3 is 6.03 Å². The predicted molar refractivity (Wildman–Crippen MR) is 98.0 cm³/mol. The molecule has 2 aromatic carbocycles. The number of amides is 3. The van der Waals surface area contributed by atoms with E-state index in [1.165, 1.54) is 4.90 Å². The van der Waals surface area contributed by atoms with Crippen LogP contribution in [0.3, 0.4) is 0 Å². The van der Waals surface area contributed by atoms with Crippen molar-refractivity contribution >= 4 is 17.6 Å². The first-order valence-electron chi connectivity index (χ1n) is 8.01. The molecule has 0 saturated heterocycles. The van der Waals surface area contributed by atoms with Gasteiger partial charge in [0, 0.05) is 32.7 Å². The first-order chi connectivity index (χ1) is 12.5. The van der Waals surface area contributed by atoms with Crippen molar-refractivity contribution < 1.29 is 14.3 Å². The number of urea groups is 1. The summed E-state index contributed by atoms with van der Waals surface area (Å²) in [6, 6.07) is 15.3. The Morgan fingerprint density at radius 1 is 1.04 bits per heavy atom. The molecule has 2 N–H and O–H groups in total. The van der Waals surface area contributed by atoms with Crippen molar-refractivity contribution in [3.05, 3.63) is 54.1 Å². The number of nitriles is 1. The zero-order valence-electron chi connectivity index (χ0n) is 14.7. The SMILES string of the molecule is CN(C)C(=O)CCNC(=O)Nc1ccc(Oc2ccc(C#N)cc2)cc1. The quantitative estimate of drug-likeness (QED) is 0.836. The maximum absolute atomic E-state index is 11.8. The Hall–Kier alpha value is -3.53. The van der Waals surface area contributed by atoms with Gasteiger partial charge in [-0.2, -0.15) is 5.26 Å². The average molecular weight is 352 g/mol. The molecule has 26 heavy (non-hydrogen) atoms. The van der Waals surface area contributed by atoms with Crippen molar-refractivity contribution in [2.24, 2.45) is 0 Å². The second-order valence-corrected chi connectivity index (χ2v) is 5.68. The van der Waals surface area contributed by atoms with Gasteiger partial charge in [0.1, 0.15) is 11.5 Å². The lowest BCUT2D eigenvalue weighted by Crippen LogP contribution is -2.33. The Labute approximate surface area is 152 Å². The third-order valence-corrected chi connectivity index (χ3v) is 3.45. The van der Waals surface area contributed by atoms with E-state index in [-0.39, 0.29) is 24.9 Å². The molecule has 0 radical (unpaired) electrons. The molecular weight excluding hydrogens is 332 g/mol. The molecular formula is C19H20N4O3. The lowest BCUT2D eigenvalue weighted by Gasteiger charge is -2.11. The van der Waals surface area contributed by atoms with E-state index in [1.807, 2.05) is 6.07 Å². The van der Waals surface area contributed by atoms with Gasteiger partial charge in [0.2, 0.25) is 5.91 Å². The second kappa shape index (κ2) is 9.08. The van der Waals surface area contributed by atoms with Gasteiger partial charge < -0.3 is 20.3 Å². The maximum atomic E-state index is 11.8. The van der Waals surface area contributed by atoms with Gasteiger partial charge in [-0.3, -0.25) is 4.79 Å². The summed E-state index contributed by atoms with van der Waals surface area (Å²) >= 11 is 0. The molecule has 0 heterocycles. The van der Waals surface area contributed by atoms with Crippen LogP contribution in [0.1, 0.15) is 12.0 Å². The minimum absolute atomic E-state index is 0.0467. The summed E-state index contributed by atoms with van der Waals surface area (Å²) in [5.41, 5.74) is 1.17. The van der Waals surface area contributed by atoms with Crippen LogP contribution in [0.4, 0.5) is 10.5 Å². The normalized spacial score (nSPS) is 9.73. The number of ether oxygens (including phenoxy) is 1. The highest BCUT2D eigenvalue weighted by Crippen LogP contribution is 2.23. The molecule has 7 heteroatoms. The van der Waals surface area contributed by atoms with Gasteiger partial charge in [0.05, 0.1) is 11.6 Å². The van der Waals surface area contributed by atoms with Crippen molar-refractivity contribution in [1.29, 1.82) is 5.26 Å². The molecule has 0 aliphatic heterocycles. The first kappa shape index (κ1) is 18.8. The van der Waals surface area contributed by atoms with E-state index in [0.29, 0.717) is 22.7 Å². The van der Waals surface area contributed by atoms with Crippen LogP contribution in [0.2, 0.25) is 0 Å². The Bertz CT molecular complexity index is 793. The summed E-state index contributed by atoms with van der Waals surface area (Å²) in [5.74, 6) is 1.18. The zero-order chi connectivity index (χ0) is 18.9. The van der Waals surface area contributed by atoms with Crippen molar-refractivity contribution in [2.45, 2.75) is 6.42 Å². The summed E-state index contributed by atoms with van der Waals surface area (Å²) < 4.78 is 5.67. The summed E-state index contributed by atoms with van der Waals surface area (Å²) in [5, 5.41) is 14.1. The van der Waals surface area contributed by atoms with E-state index in [1.54, 1.807) is 62.6 Å². The van der Waals surface area contributed by atoms with Gasteiger partial charge in [-0.1, -0.05) is 0 Å². The highest BCUT2D eigenvalue weighted by molar-refractivity contribution is 5.89. The van der Waals surface area contributed by atoms with E-state index in [4.69, 9.17) is 10.00 Å². The molecule has 134 valence electrons. The third kappa shape index (κ3) is 5.83. The molecule has 0 aliphatic rings. The predicted octanol–water partition coefficient (Wildman–Crippen LogP) is 2.95. The van der Waals surface area contributed by atoms with Gasteiger partial charge in [-0.15, -0.1) is 0 Å². The van der Waals surface area contributed by atoms with Crippen molar-refractivity contribution in [2.75, 3.05) is 26.0 Å². The molecule has 0 fully saturated rings. The van der Waals surface area contributed by atoms with Crippen LogP contribution in [-0.2, 0) is 4.79 Å². The molecule has 7 nitrogen and oxygen atoms in total. The number of nitrogens with zero attached hydrogens (tertiary/aromatic N) is 2. The molecule has 0 aromatic heterocycles. The van der Waals surface area contributed by atoms with Gasteiger partial charge in [0.15, 0.2) is 0 Å². The highest BCUT2D eigenvalue weighted by Gasteiger charge is 2.06. The fourth-order valence-corrected chi connectivity index (χ4v) is 2.02. The summed E-state index contributed by atoms with van der Waals surface area (Å²) in [4.78, 5) is 24.7. The number of rotatable bonds is 6. The molecule has 2 rings (SSSR count). The van der Waals surface area contributed by atoms with E-state index in [0.717, 1.165) is 0 Å². The van der Waals surface area contributed by atoms with Crippen LogP contribution in [0.5, 0.6) is 11.5 Å². The Balaban J connectivity index is 1.82. The maximum Gasteiger partial charge on any atom is 0.319 e. The Morgan fingerprint density at radius 3 is 2.15 bits per heavy atom. The fraction of sp³-hybridized carbons (Fsp3) is 0.211. The van der Waals surface area contributed by atoms with Gasteiger partial charge in [-0.25, -0.2) is 4.79 Å². The van der Waals surface area contributed by atoms with Crippen LogP contribution in [0, 0.1) is 11.3 Å². The Kier molecular flexibility index (Phi) is 6.57. The number of carbonyl (C=O) groups is 2. The third-order valence-electron chi connectivity index (χ3n) is 3.45. The number of hydrogen-bond donors (Lipinski definition) is 2. The van der Waals surface area contributed by atoms with Crippen molar-refractivity contribution in [3.8, 4) is 17.6 Å². The van der Waals surface area contributed by atoms with Crippen LogP contribution >= 0.6 is 0 Å². The van der Waals surface area contributed by atoms with E-state index in [9.17, 15) is 9.59 Å². The van der Waals surface area contributed by atoms with Crippen LogP contribution in [-0.4, -0.2) is 37.5 Å². The number of nitrogens with one attached hydrogen (secondary N) is 2. The fourth-order valence-electron chi connectivity index (χ4n) is 2.02. The van der Waals surface area contributed by atoms with E-state index >= 15 is 0 Å². The second-order valence-electron chi connectivity index (χ2n) is 5.68. The Morgan fingerprint density at radius 2 is 1.62 bits per heavy atom. The summed E-state index contributed by atoms with van der Waals surface area (Å²) in [7, 11) is 3.34. The zero-order valence-corrected chi connectivity index (χ0v) is 14.7. The number of anilines is 1. The topological polar surface area (TPSA) is 94.5 Å². The summed E-state index contributed by atoms with van der Waals surface area (Å²) in [6.45, 7) is 0.267. The van der Waals surface area contributed by atoms with E-state index < -0.39 is 0 Å². The monoisotopic (exact) mass is 352 g/mol. The average Bonchev–Trinajstić information content (AvgIpc) is 2.63. The van der Waals surface area contributed by atoms with Gasteiger partial charge in [0.25, 0.3) is 0 Å². The molecule has 0 aliphatic carbocycles.